The van der Waals surface area contributed by atoms with Crippen molar-refractivity contribution in [2.45, 2.75) is 149 Å². The molecular formula is C61H68S2. The van der Waals surface area contributed by atoms with Gasteiger partial charge in [-0.1, -0.05) is 181 Å². The molecule has 2 aliphatic rings. The molecule has 63 heavy (non-hydrogen) atoms. The summed E-state index contributed by atoms with van der Waals surface area (Å²) in [5, 5.41) is 0. The van der Waals surface area contributed by atoms with Crippen LogP contribution in [0.2, 0.25) is 0 Å². The third kappa shape index (κ3) is 7.92. The van der Waals surface area contributed by atoms with Crippen LogP contribution in [0.25, 0.3) is 20.9 Å². The molecule has 0 amide bonds. The average molecular weight is 865 g/mol. The summed E-state index contributed by atoms with van der Waals surface area (Å²) in [6.45, 7) is 13.8. The van der Waals surface area contributed by atoms with E-state index >= 15 is 0 Å². The molecule has 0 N–H and O–H groups in total. The van der Waals surface area contributed by atoms with Gasteiger partial charge in [0.05, 0.1) is 10.8 Å². The highest BCUT2D eigenvalue weighted by Crippen LogP contribution is 2.65. The second kappa shape index (κ2) is 18.9. The van der Waals surface area contributed by atoms with Gasteiger partial charge in [-0.15, -0.1) is 22.7 Å². The lowest BCUT2D eigenvalue weighted by atomic mass is 9.65. The molecule has 324 valence electrons. The van der Waals surface area contributed by atoms with Gasteiger partial charge in [-0.25, -0.2) is 0 Å². The maximum Gasteiger partial charge on any atom is 0.0722 e. The van der Waals surface area contributed by atoms with Crippen LogP contribution >= 0.6 is 22.7 Å². The molecule has 5 aromatic carbocycles. The Morgan fingerprint density at radius 2 is 0.667 bits per heavy atom. The second-order valence-corrected chi connectivity index (χ2v) is 21.5. The topological polar surface area (TPSA) is 0 Å². The summed E-state index contributed by atoms with van der Waals surface area (Å²) >= 11 is 3.98. The monoisotopic (exact) mass is 864 g/mol. The number of hydrogen-bond acceptors (Lipinski definition) is 2. The van der Waals surface area contributed by atoms with E-state index in [1.165, 1.54) is 174 Å². The minimum Gasteiger partial charge on any atom is -0.140 e. The molecular weight excluding hydrogens is 797 g/mol. The zero-order valence-corrected chi connectivity index (χ0v) is 40.6. The number of thiophene rings is 2. The summed E-state index contributed by atoms with van der Waals surface area (Å²) in [6, 6.07) is 49.5. The lowest BCUT2D eigenvalue weighted by Crippen LogP contribution is -2.30. The van der Waals surface area contributed by atoms with Crippen LogP contribution in [0, 0.1) is 20.8 Å². The fraction of sp³-hybridized carbons (Fsp3) is 0.377. The molecule has 0 saturated heterocycles. The number of aryl methyl sites for hydroxylation is 6. The van der Waals surface area contributed by atoms with Crippen molar-refractivity contribution in [2.75, 3.05) is 0 Å². The summed E-state index contributed by atoms with van der Waals surface area (Å²) < 4.78 is 0. The molecule has 9 rings (SSSR count). The van der Waals surface area contributed by atoms with E-state index in [4.69, 9.17) is 0 Å². The van der Waals surface area contributed by atoms with E-state index in [0.29, 0.717) is 0 Å². The predicted octanol–water partition coefficient (Wildman–Crippen LogP) is 17.8. The minimum absolute atomic E-state index is 0.421. The Morgan fingerprint density at radius 1 is 0.349 bits per heavy atom. The van der Waals surface area contributed by atoms with Gasteiger partial charge in [0, 0.05) is 19.5 Å². The quantitative estimate of drug-likeness (QED) is 0.0711. The highest BCUT2D eigenvalue weighted by atomic mass is 32.1. The van der Waals surface area contributed by atoms with Gasteiger partial charge in [0.2, 0.25) is 0 Å². The van der Waals surface area contributed by atoms with E-state index in [0.717, 1.165) is 19.3 Å². The normalized spacial score (nSPS) is 15.7. The van der Waals surface area contributed by atoms with Crippen LogP contribution in [0.1, 0.15) is 174 Å². The largest absolute Gasteiger partial charge is 0.140 e. The molecule has 0 nitrogen and oxygen atoms in total. The van der Waals surface area contributed by atoms with E-state index in [2.05, 4.69) is 163 Å². The number of fused-ring (bicyclic) bond motifs is 6. The molecule has 1 unspecified atom stereocenters. The molecule has 2 heterocycles. The number of benzene rings is 5. The van der Waals surface area contributed by atoms with Crippen molar-refractivity contribution in [1.82, 2.24) is 0 Å². The van der Waals surface area contributed by atoms with E-state index in [-0.39, 0.29) is 0 Å². The smallest absolute Gasteiger partial charge is 0.0722 e. The van der Waals surface area contributed by atoms with Crippen molar-refractivity contribution in [3.8, 4) is 20.9 Å². The second-order valence-electron chi connectivity index (χ2n) is 19.0. The van der Waals surface area contributed by atoms with Crippen molar-refractivity contribution in [3.63, 3.8) is 0 Å². The first-order valence-electron chi connectivity index (χ1n) is 24.6. The van der Waals surface area contributed by atoms with Gasteiger partial charge < -0.3 is 0 Å². The van der Waals surface area contributed by atoms with Crippen molar-refractivity contribution in [3.05, 3.63) is 198 Å². The van der Waals surface area contributed by atoms with Gasteiger partial charge in [0.25, 0.3) is 0 Å². The lowest BCUT2D eigenvalue weighted by molar-refractivity contribution is 0.666. The third-order valence-corrected chi connectivity index (χ3v) is 16.7. The summed E-state index contributed by atoms with van der Waals surface area (Å²) in [6.07, 6.45) is 18.9. The molecule has 0 fully saturated rings. The molecule has 0 bridgehead atoms. The highest BCUT2D eigenvalue weighted by Gasteiger charge is 2.52. The fourth-order valence-electron chi connectivity index (χ4n) is 11.3. The Kier molecular flexibility index (Phi) is 13.1. The minimum atomic E-state index is -0.424. The first kappa shape index (κ1) is 43.7. The summed E-state index contributed by atoms with van der Waals surface area (Å²) in [5.74, 6) is 0. The van der Waals surface area contributed by atoms with Crippen molar-refractivity contribution in [1.29, 1.82) is 0 Å². The fourth-order valence-corrected chi connectivity index (χ4v) is 13.5. The molecule has 1 atom stereocenters. The van der Waals surface area contributed by atoms with Crippen LogP contribution in [-0.4, -0.2) is 0 Å². The van der Waals surface area contributed by atoms with Gasteiger partial charge in [-0.05, 0) is 156 Å². The van der Waals surface area contributed by atoms with E-state index in [1.807, 2.05) is 22.7 Å². The standard InChI is InChI=1S/C61H68S2/c1-7-10-13-16-19-45-24-32-49(33-25-45)60(48-30-22-42(4)23-31-48)54-40-53-55(41-52(54)58-56(60)38-43(5)62-58)61(57-39-44(6)63-59(53)57,50-34-26-46(27-35-50)20-17-14-11-8-2)51-36-28-47(29-37-51)21-18-15-12-9-3/h22-41H,7-21H2,1-6H3. The molecule has 2 aromatic heterocycles. The maximum atomic E-state index is 2.68. The van der Waals surface area contributed by atoms with Crippen molar-refractivity contribution in [2.24, 2.45) is 0 Å². The number of rotatable bonds is 19. The van der Waals surface area contributed by atoms with Gasteiger partial charge in [-0.3, -0.25) is 0 Å². The van der Waals surface area contributed by atoms with Gasteiger partial charge >= 0.3 is 0 Å². The molecule has 0 radical (unpaired) electrons. The zero-order chi connectivity index (χ0) is 43.6. The van der Waals surface area contributed by atoms with Crippen molar-refractivity contribution >= 4 is 22.7 Å². The average Bonchev–Trinajstić information content (AvgIpc) is 4.02. The Bertz CT molecular complexity index is 2580. The third-order valence-electron chi connectivity index (χ3n) is 14.6. The Labute approximate surface area is 387 Å². The number of unbranched alkanes of at least 4 members (excludes halogenated alkanes) is 9. The summed E-state index contributed by atoms with van der Waals surface area (Å²) in [5.41, 5.74) is 18.9. The highest BCUT2D eigenvalue weighted by molar-refractivity contribution is 7.16. The Hall–Kier alpha value is -4.50. The molecule has 0 spiro atoms. The lowest BCUT2D eigenvalue weighted by Gasteiger charge is -2.35. The van der Waals surface area contributed by atoms with Crippen LogP contribution in [0.4, 0.5) is 0 Å². The Morgan fingerprint density at radius 3 is 0.984 bits per heavy atom. The van der Waals surface area contributed by atoms with E-state index in [1.54, 1.807) is 0 Å². The predicted molar refractivity (Wildman–Crippen MR) is 275 cm³/mol. The summed E-state index contributed by atoms with van der Waals surface area (Å²) in [4.78, 5) is 5.62. The molecule has 0 saturated carbocycles. The van der Waals surface area contributed by atoms with E-state index < -0.39 is 10.8 Å². The van der Waals surface area contributed by atoms with Gasteiger partial charge in [0.1, 0.15) is 0 Å². The maximum absolute atomic E-state index is 2.68. The van der Waals surface area contributed by atoms with Crippen LogP contribution in [-0.2, 0) is 30.1 Å². The Balaban J connectivity index is 1.26. The van der Waals surface area contributed by atoms with Gasteiger partial charge in [0.15, 0.2) is 0 Å². The molecule has 7 aromatic rings. The van der Waals surface area contributed by atoms with E-state index in [9.17, 15) is 0 Å². The SMILES string of the molecule is CCCCCCc1ccc(C2(c3ccc(C)cc3)c3cc4c(cc3-c3sc(C)cc32)C(c2ccc(CCCCCC)cc2)(c2ccc(CCCCCC)cc2)c2cc(C)sc2-4)cc1. The van der Waals surface area contributed by atoms with Crippen molar-refractivity contribution < 1.29 is 0 Å². The molecule has 2 heteroatoms. The molecule has 2 aliphatic carbocycles. The van der Waals surface area contributed by atoms with Crippen LogP contribution in [0.5, 0.6) is 0 Å². The number of hydrogen-bond donors (Lipinski definition) is 0. The first-order chi connectivity index (χ1) is 30.8. The zero-order valence-electron chi connectivity index (χ0n) is 39.0. The summed E-state index contributed by atoms with van der Waals surface area (Å²) in [7, 11) is 0. The first-order valence-corrected chi connectivity index (χ1v) is 26.2. The van der Waals surface area contributed by atoms with Crippen LogP contribution in [0.15, 0.2) is 121 Å². The van der Waals surface area contributed by atoms with Crippen LogP contribution < -0.4 is 0 Å². The van der Waals surface area contributed by atoms with Gasteiger partial charge in [-0.2, -0.15) is 0 Å². The van der Waals surface area contributed by atoms with Crippen LogP contribution in [0.3, 0.4) is 0 Å². The molecule has 0 aliphatic heterocycles.